The first kappa shape index (κ1) is 29.6. The Morgan fingerprint density at radius 3 is 2.38 bits per heavy atom. The lowest BCUT2D eigenvalue weighted by molar-refractivity contribution is -0.137. The van der Waals surface area contributed by atoms with Gasteiger partial charge in [-0.1, -0.05) is 48.5 Å². The molecular weight excluding hydrogens is 568 g/mol. The number of piperazine rings is 1. The highest BCUT2D eigenvalue weighted by Crippen LogP contribution is 2.31. The molecule has 0 bridgehead atoms. The molecule has 0 unspecified atom stereocenters. The van der Waals surface area contributed by atoms with Gasteiger partial charge in [0.25, 0.3) is 5.56 Å². The van der Waals surface area contributed by atoms with Gasteiger partial charge in [-0.2, -0.15) is 13.2 Å². The fourth-order valence-electron chi connectivity index (χ4n) is 5.04. The molecule has 0 aliphatic carbocycles. The van der Waals surface area contributed by atoms with Crippen LogP contribution in [0.25, 0.3) is 16.6 Å². The van der Waals surface area contributed by atoms with Crippen molar-refractivity contribution in [3.8, 4) is 5.69 Å². The van der Waals surface area contributed by atoms with Gasteiger partial charge in [-0.05, 0) is 55.3 Å². The number of aromatic nitrogens is 2. The van der Waals surface area contributed by atoms with Gasteiger partial charge < -0.3 is 9.80 Å². The Hall–Kier alpha value is -3.86. The molecule has 1 aliphatic rings. The normalized spacial score (nSPS) is 14.0. The van der Waals surface area contributed by atoms with E-state index in [2.05, 4.69) is 4.98 Å². The third-order valence-electron chi connectivity index (χ3n) is 7.27. The molecule has 220 valence electrons. The summed E-state index contributed by atoms with van der Waals surface area (Å²) in [6.45, 7) is 2.25. The standard InChI is InChI=1S/C31H30F4N4O2S/c32-25-12-4-6-14-27(25)37-16-18-38(19-17-37)28(40)15-2-1-7-20-42-30-36-26-13-5-3-11-24(26)29(41)39(30)23-10-8-9-22(21-23)31(33,34)35/h3-6,8-14,21H,1-2,7,15-20H2. The number of rotatable bonds is 9. The smallest absolute Gasteiger partial charge is 0.366 e. The molecule has 1 aromatic heterocycles. The minimum Gasteiger partial charge on any atom is -0.366 e. The summed E-state index contributed by atoms with van der Waals surface area (Å²) in [6, 6.07) is 18.1. The maximum Gasteiger partial charge on any atom is 0.416 e. The summed E-state index contributed by atoms with van der Waals surface area (Å²) in [5, 5.41) is 0.648. The molecule has 0 radical (unpaired) electrons. The lowest BCUT2D eigenvalue weighted by Gasteiger charge is -2.36. The minimum atomic E-state index is -4.54. The molecule has 1 saturated heterocycles. The first-order chi connectivity index (χ1) is 20.2. The summed E-state index contributed by atoms with van der Waals surface area (Å²) in [6.07, 6.45) is -1.92. The quantitative estimate of drug-likeness (QED) is 0.0948. The molecular formula is C31H30F4N4O2S. The monoisotopic (exact) mass is 598 g/mol. The number of alkyl halides is 3. The van der Waals surface area contributed by atoms with Gasteiger partial charge in [0.05, 0.1) is 27.8 Å². The van der Waals surface area contributed by atoms with Crippen molar-refractivity contribution in [1.29, 1.82) is 0 Å². The lowest BCUT2D eigenvalue weighted by atomic mass is 10.1. The van der Waals surface area contributed by atoms with Crippen LogP contribution < -0.4 is 10.5 Å². The lowest BCUT2D eigenvalue weighted by Crippen LogP contribution is -2.49. The van der Waals surface area contributed by atoms with Gasteiger partial charge in [-0.25, -0.2) is 9.37 Å². The van der Waals surface area contributed by atoms with Crippen LogP contribution in [0.2, 0.25) is 0 Å². The van der Waals surface area contributed by atoms with Crippen LogP contribution in [-0.2, 0) is 11.0 Å². The van der Waals surface area contributed by atoms with Crippen molar-refractivity contribution < 1.29 is 22.4 Å². The molecule has 3 aromatic carbocycles. The number of carbonyl (C=O) groups is 1. The number of hydrogen-bond acceptors (Lipinski definition) is 5. The Morgan fingerprint density at radius 2 is 1.62 bits per heavy atom. The fraction of sp³-hybridized carbons (Fsp3) is 0.323. The maximum atomic E-state index is 14.1. The zero-order valence-corrected chi connectivity index (χ0v) is 23.6. The maximum absolute atomic E-state index is 14.1. The van der Waals surface area contributed by atoms with E-state index in [1.165, 1.54) is 34.5 Å². The second-order valence-corrected chi connectivity index (χ2v) is 11.1. The van der Waals surface area contributed by atoms with Crippen LogP contribution in [0.4, 0.5) is 23.2 Å². The number of thioether (sulfide) groups is 1. The van der Waals surface area contributed by atoms with Crippen LogP contribution in [0.1, 0.15) is 31.2 Å². The first-order valence-corrected chi connectivity index (χ1v) is 14.8. The first-order valence-electron chi connectivity index (χ1n) is 13.8. The molecule has 0 spiro atoms. The zero-order chi connectivity index (χ0) is 29.7. The Morgan fingerprint density at radius 1 is 0.881 bits per heavy atom. The van der Waals surface area contributed by atoms with E-state index in [4.69, 9.17) is 0 Å². The van der Waals surface area contributed by atoms with Crippen LogP contribution in [0.15, 0.2) is 82.7 Å². The summed E-state index contributed by atoms with van der Waals surface area (Å²) in [4.78, 5) is 34.5. The molecule has 1 amide bonds. The molecule has 4 aromatic rings. The molecule has 0 N–H and O–H groups in total. The fourth-order valence-corrected chi connectivity index (χ4v) is 6.05. The van der Waals surface area contributed by atoms with Gasteiger partial charge in [0.1, 0.15) is 5.82 Å². The van der Waals surface area contributed by atoms with Crippen molar-refractivity contribution in [2.24, 2.45) is 0 Å². The Kier molecular flexibility index (Phi) is 9.15. The number of hydrogen-bond donors (Lipinski definition) is 0. The number of anilines is 1. The van der Waals surface area contributed by atoms with Crippen LogP contribution in [-0.4, -0.2) is 52.3 Å². The zero-order valence-electron chi connectivity index (χ0n) is 22.8. The van der Waals surface area contributed by atoms with E-state index in [9.17, 15) is 27.2 Å². The molecule has 2 heterocycles. The summed E-state index contributed by atoms with van der Waals surface area (Å²) in [7, 11) is 0. The highest BCUT2D eigenvalue weighted by Gasteiger charge is 2.31. The molecule has 0 atom stereocenters. The van der Waals surface area contributed by atoms with E-state index >= 15 is 0 Å². The van der Waals surface area contributed by atoms with Crippen molar-refractivity contribution >= 4 is 34.3 Å². The van der Waals surface area contributed by atoms with Crippen molar-refractivity contribution in [2.75, 3.05) is 36.8 Å². The van der Waals surface area contributed by atoms with E-state index in [0.29, 0.717) is 66.5 Å². The van der Waals surface area contributed by atoms with Gasteiger partial charge in [-0.15, -0.1) is 0 Å². The van der Waals surface area contributed by atoms with E-state index in [-0.39, 0.29) is 17.4 Å². The van der Waals surface area contributed by atoms with Crippen LogP contribution >= 0.6 is 11.8 Å². The van der Waals surface area contributed by atoms with Gasteiger partial charge in [0.15, 0.2) is 5.16 Å². The van der Waals surface area contributed by atoms with Gasteiger partial charge in [-0.3, -0.25) is 14.2 Å². The predicted octanol–water partition coefficient (Wildman–Crippen LogP) is 6.54. The number of amides is 1. The highest BCUT2D eigenvalue weighted by molar-refractivity contribution is 7.99. The summed E-state index contributed by atoms with van der Waals surface area (Å²) < 4.78 is 55.5. The second kappa shape index (κ2) is 13.0. The number of carbonyl (C=O) groups excluding carboxylic acids is 1. The van der Waals surface area contributed by atoms with E-state index < -0.39 is 17.3 Å². The molecule has 11 heteroatoms. The Labute approximate surface area is 245 Å². The number of halogens is 4. The Bertz CT molecular complexity index is 1620. The largest absolute Gasteiger partial charge is 0.416 e. The molecule has 42 heavy (non-hydrogen) atoms. The van der Waals surface area contributed by atoms with Crippen LogP contribution in [0, 0.1) is 5.82 Å². The number of para-hydroxylation sites is 2. The molecule has 0 saturated carbocycles. The van der Waals surface area contributed by atoms with Gasteiger partial charge in [0.2, 0.25) is 5.91 Å². The average Bonchev–Trinajstić information content (AvgIpc) is 2.99. The summed E-state index contributed by atoms with van der Waals surface area (Å²) >= 11 is 1.31. The number of unbranched alkanes of at least 4 members (excludes halogenated alkanes) is 2. The van der Waals surface area contributed by atoms with Crippen molar-refractivity contribution in [2.45, 2.75) is 37.0 Å². The van der Waals surface area contributed by atoms with Crippen molar-refractivity contribution in [1.82, 2.24) is 14.5 Å². The summed E-state index contributed by atoms with van der Waals surface area (Å²) in [5.74, 6) is 0.394. The van der Waals surface area contributed by atoms with Gasteiger partial charge >= 0.3 is 6.18 Å². The van der Waals surface area contributed by atoms with Crippen LogP contribution in [0.3, 0.4) is 0 Å². The number of benzene rings is 3. The predicted molar refractivity (Wildman–Crippen MR) is 157 cm³/mol. The summed E-state index contributed by atoms with van der Waals surface area (Å²) in [5.41, 5.74) is -0.121. The third kappa shape index (κ3) is 6.78. The van der Waals surface area contributed by atoms with Crippen molar-refractivity contribution in [3.63, 3.8) is 0 Å². The third-order valence-corrected chi connectivity index (χ3v) is 8.29. The Balaban J connectivity index is 1.16. The number of nitrogens with zero attached hydrogens (tertiary/aromatic N) is 4. The topological polar surface area (TPSA) is 58.4 Å². The van der Waals surface area contributed by atoms with Gasteiger partial charge in [0, 0.05) is 38.4 Å². The highest BCUT2D eigenvalue weighted by atomic mass is 32.2. The van der Waals surface area contributed by atoms with E-state index in [0.717, 1.165) is 25.0 Å². The minimum absolute atomic E-state index is 0.0745. The van der Waals surface area contributed by atoms with Crippen molar-refractivity contribution in [3.05, 3.63) is 94.5 Å². The molecule has 5 rings (SSSR count). The molecule has 1 aliphatic heterocycles. The van der Waals surface area contributed by atoms with E-state index in [1.54, 1.807) is 42.5 Å². The second-order valence-electron chi connectivity index (χ2n) is 10.1. The van der Waals surface area contributed by atoms with Crippen LogP contribution in [0.5, 0.6) is 0 Å². The average molecular weight is 599 g/mol. The SMILES string of the molecule is O=C(CCCCCSc1nc2ccccc2c(=O)n1-c1cccc(C(F)(F)F)c1)N1CCN(c2ccccc2F)CC1. The number of fused-ring (bicyclic) bond motifs is 1. The van der Waals surface area contributed by atoms with E-state index in [1.807, 2.05) is 9.80 Å². The molecule has 1 fully saturated rings. The molecule has 6 nitrogen and oxygen atoms in total.